The molecule has 6 heteroatoms. The number of hydrogen-bond donors (Lipinski definition) is 1. The normalized spacial score (nSPS) is 11.3. The maximum absolute atomic E-state index is 13.6. The molecule has 172 valence electrons. The highest BCUT2D eigenvalue weighted by Gasteiger charge is 2.24. The van der Waals surface area contributed by atoms with Gasteiger partial charge < -0.3 is 5.32 Å². The number of nitrogens with zero attached hydrogens (tertiary/aromatic N) is 1. The van der Waals surface area contributed by atoms with E-state index in [4.69, 9.17) is 0 Å². The number of carbonyl (C=O) groups is 1. The van der Waals surface area contributed by atoms with Gasteiger partial charge in [0.15, 0.2) is 5.78 Å². The van der Waals surface area contributed by atoms with Crippen LogP contribution in [-0.2, 0) is 9.84 Å². The molecule has 1 N–H and O–H groups in total. The van der Waals surface area contributed by atoms with E-state index >= 15 is 0 Å². The van der Waals surface area contributed by atoms with Crippen LogP contribution in [0.2, 0.25) is 0 Å². The van der Waals surface area contributed by atoms with E-state index in [2.05, 4.69) is 10.3 Å². The SMILES string of the molecule is Cc1cc(C)c(Nc2nc(C)ccc2S(=O)(=O)c2ccc(C(=O)c3ccccc3)cc2)c(C)c1. The minimum Gasteiger partial charge on any atom is -0.339 e. The van der Waals surface area contributed by atoms with Crippen molar-refractivity contribution in [2.45, 2.75) is 37.5 Å². The van der Waals surface area contributed by atoms with E-state index in [1.54, 1.807) is 48.5 Å². The topological polar surface area (TPSA) is 76.1 Å². The fourth-order valence-electron chi connectivity index (χ4n) is 4.01. The van der Waals surface area contributed by atoms with Crippen LogP contribution in [0.5, 0.6) is 0 Å². The molecule has 0 atom stereocenters. The van der Waals surface area contributed by atoms with Crippen molar-refractivity contribution >= 4 is 27.1 Å². The average molecular weight is 471 g/mol. The van der Waals surface area contributed by atoms with Crippen molar-refractivity contribution in [2.75, 3.05) is 5.32 Å². The van der Waals surface area contributed by atoms with Crippen molar-refractivity contribution in [3.63, 3.8) is 0 Å². The molecule has 4 aromatic rings. The third kappa shape index (κ3) is 4.63. The van der Waals surface area contributed by atoms with Gasteiger partial charge in [0, 0.05) is 22.5 Å². The van der Waals surface area contributed by atoms with E-state index in [-0.39, 0.29) is 21.4 Å². The Hall–Kier alpha value is -3.77. The van der Waals surface area contributed by atoms with Gasteiger partial charge in [-0.05, 0) is 75.2 Å². The van der Waals surface area contributed by atoms with Crippen LogP contribution < -0.4 is 5.32 Å². The Balaban J connectivity index is 1.71. The van der Waals surface area contributed by atoms with Gasteiger partial charge in [-0.2, -0.15) is 0 Å². The molecular formula is C28H26N2O3S. The van der Waals surface area contributed by atoms with Crippen LogP contribution in [-0.4, -0.2) is 19.2 Å². The van der Waals surface area contributed by atoms with E-state index in [9.17, 15) is 13.2 Å². The number of aryl methyl sites for hydroxylation is 4. The van der Waals surface area contributed by atoms with Gasteiger partial charge in [0.25, 0.3) is 0 Å². The average Bonchev–Trinajstić information content (AvgIpc) is 2.81. The lowest BCUT2D eigenvalue weighted by atomic mass is 10.0. The second kappa shape index (κ2) is 9.23. The number of pyridine rings is 1. The molecule has 0 saturated heterocycles. The number of benzene rings is 3. The standard InChI is InChI=1S/C28H26N2O3S/c1-18-16-19(2)26(20(3)17-18)30-28-25(15-10-21(4)29-28)34(32,33)24-13-11-23(12-14-24)27(31)22-8-6-5-7-9-22/h5-17H,1-4H3,(H,29,30). The van der Waals surface area contributed by atoms with E-state index in [0.29, 0.717) is 16.8 Å². The highest BCUT2D eigenvalue weighted by Crippen LogP contribution is 2.32. The van der Waals surface area contributed by atoms with E-state index in [1.807, 2.05) is 45.9 Å². The van der Waals surface area contributed by atoms with Gasteiger partial charge >= 0.3 is 0 Å². The van der Waals surface area contributed by atoms with Gasteiger partial charge in [-0.3, -0.25) is 4.79 Å². The lowest BCUT2D eigenvalue weighted by molar-refractivity contribution is 0.103. The zero-order valence-corrected chi connectivity index (χ0v) is 20.4. The maximum atomic E-state index is 13.6. The Morgan fingerprint density at radius 3 is 1.97 bits per heavy atom. The minimum absolute atomic E-state index is 0.0830. The van der Waals surface area contributed by atoms with E-state index < -0.39 is 9.84 Å². The van der Waals surface area contributed by atoms with Crippen LogP contribution in [0.4, 0.5) is 11.5 Å². The first kappa shape index (κ1) is 23.4. The van der Waals surface area contributed by atoms with Crippen molar-refractivity contribution in [3.8, 4) is 0 Å². The first-order chi connectivity index (χ1) is 16.2. The number of aromatic nitrogens is 1. The number of hydrogen-bond acceptors (Lipinski definition) is 5. The van der Waals surface area contributed by atoms with Crippen LogP contribution in [0.25, 0.3) is 0 Å². The number of rotatable bonds is 6. The summed E-state index contributed by atoms with van der Waals surface area (Å²) < 4.78 is 27.1. The zero-order valence-electron chi connectivity index (χ0n) is 19.6. The monoisotopic (exact) mass is 470 g/mol. The second-order valence-electron chi connectivity index (χ2n) is 8.42. The number of ketones is 1. The van der Waals surface area contributed by atoms with Crippen LogP contribution in [0, 0.1) is 27.7 Å². The van der Waals surface area contributed by atoms with Gasteiger partial charge in [0.05, 0.1) is 4.90 Å². The van der Waals surface area contributed by atoms with Crippen molar-refractivity contribution in [1.82, 2.24) is 4.98 Å². The molecule has 3 aromatic carbocycles. The Morgan fingerprint density at radius 2 is 1.35 bits per heavy atom. The zero-order chi connectivity index (χ0) is 24.5. The highest BCUT2D eigenvalue weighted by atomic mass is 32.2. The molecule has 34 heavy (non-hydrogen) atoms. The van der Waals surface area contributed by atoms with Crippen molar-refractivity contribution in [3.05, 3.63) is 112 Å². The lowest BCUT2D eigenvalue weighted by Crippen LogP contribution is -2.10. The Morgan fingerprint density at radius 1 is 0.765 bits per heavy atom. The summed E-state index contributed by atoms with van der Waals surface area (Å²) in [6, 6.07) is 22.3. The van der Waals surface area contributed by atoms with Gasteiger partial charge in [-0.15, -0.1) is 0 Å². The third-order valence-corrected chi connectivity index (χ3v) is 7.47. The molecular weight excluding hydrogens is 444 g/mol. The lowest BCUT2D eigenvalue weighted by Gasteiger charge is -2.17. The molecule has 0 aliphatic carbocycles. The number of anilines is 2. The number of carbonyl (C=O) groups excluding carboxylic acids is 1. The Bertz CT molecular complexity index is 1450. The predicted octanol–water partition coefficient (Wildman–Crippen LogP) is 6.12. The van der Waals surface area contributed by atoms with Crippen LogP contribution in [0.3, 0.4) is 0 Å². The summed E-state index contributed by atoms with van der Waals surface area (Å²) in [4.78, 5) is 17.4. The largest absolute Gasteiger partial charge is 0.339 e. The van der Waals surface area contributed by atoms with E-state index in [0.717, 1.165) is 22.4 Å². The van der Waals surface area contributed by atoms with Crippen LogP contribution in [0.1, 0.15) is 38.3 Å². The molecule has 0 bridgehead atoms. The van der Waals surface area contributed by atoms with Crippen LogP contribution >= 0.6 is 0 Å². The third-order valence-electron chi connectivity index (χ3n) is 5.67. The van der Waals surface area contributed by atoms with Gasteiger partial charge in [0.1, 0.15) is 10.7 Å². The fraction of sp³-hybridized carbons (Fsp3) is 0.143. The minimum atomic E-state index is -3.88. The fourth-order valence-corrected chi connectivity index (χ4v) is 5.36. The molecule has 0 saturated carbocycles. The summed E-state index contributed by atoms with van der Waals surface area (Å²) in [6.45, 7) is 7.81. The highest BCUT2D eigenvalue weighted by molar-refractivity contribution is 7.91. The molecule has 0 fully saturated rings. The van der Waals surface area contributed by atoms with Crippen molar-refractivity contribution < 1.29 is 13.2 Å². The number of nitrogens with one attached hydrogen (secondary N) is 1. The number of sulfone groups is 1. The molecule has 1 heterocycles. The van der Waals surface area contributed by atoms with Gasteiger partial charge in [-0.1, -0.05) is 48.0 Å². The molecule has 1 aromatic heterocycles. The van der Waals surface area contributed by atoms with Gasteiger partial charge in [0.2, 0.25) is 9.84 Å². The van der Waals surface area contributed by atoms with Gasteiger partial charge in [-0.25, -0.2) is 13.4 Å². The van der Waals surface area contributed by atoms with Crippen molar-refractivity contribution in [2.24, 2.45) is 0 Å². The quantitative estimate of drug-likeness (QED) is 0.344. The second-order valence-corrected chi connectivity index (χ2v) is 10.3. The summed E-state index contributed by atoms with van der Waals surface area (Å²) in [7, 11) is -3.88. The smallest absolute Gasteiger partial charge is 0.210 e. The Kier molecular flexibility index (Phi) is 6.35. The summed E-state index contributed by atoms with van der Waals surface area (Å²) in [5.41, 5.74) is 5.67. The Labute approximate surface area is 200 Å². The van der Waals surface area contributed by atoms with Crippen LogP contribution in [0.15, 0.2) is 88.7 Å². The molecule has 0 spiro atoms. The molecule has 0 unspecified atom stereocenters. The van der Waals surface area contributed by atoms with E-state index in [1.165, 1.54) is 12.1 Å². The molecule has 0 amide bonds. The van der Waals surface area contributed by atoms with Crippen molar-refractivity contribution in [1.29, 1.82) is 0 Å². The molecule has 0 aliphatic rings. The summed E-state index contributed by atoms with van der Waals surface area (Å²) in [5.74, 6) is 0.119. The first-order valence-electron chi connectivity index (χ1n) is 10.9. The summed E-state index contributed by atoms with van der Waals surface area (Å²) in [6.07, 6.45) is 0. The summed E-state index contributed by atoms with van der Waals surface area (Å²) in [5, 5.41) is 3.26. The molecule has 0 aliphatic heterocycles. The molecule has 0 radical (unpaired) electrons. The summed E-state index contributed by atoms with van der Waals surface area (Å²) >= 11 is 0. The molecule has 5 nitrogen and oxygen atoms in total. The predicted molar refractivity (Wildman–Crippen MR) is 135 cm³/mol. The molecule has 4 rings (SSSR count). The first-order valence-corrected chi connectivity index (χ1v) is 12.4. The maximum Gasteiger partial charge on any atom is 0.210 e.